The van der Waals surface area contributed by atoms with Gasteiger partial charge in [0.1, 0.15) is 0 Å². The third-order valence-corrected chi connectivity index (χ3v) is 5.68. The second-order valence-electron chi connectivity index (χ2n) is 8.10. The Morgan fingerprint density at radius 3 is 1.72 bits per heavy atom. The number of hydrogen-bond acceptors (Lipinski definition) is 2. The van der Waals surface area contributed by atoms with Crippen molar-refractivity contribution in [1.29, 1.82) is 0 Å². The smallest absolute Gasteiger partial charge is 0.308 e. The summed E-state index contributed by atoms with van der Waals surface area (Å²) in [5.41, 5.74) is 0. The average molecular weight is 353 g/mol. The minimum absolute atomic E-state index is 0.0721. The summed E-state index contributed by atoms with van der Waals surface area (Å²) < 4.78 is 5.25. The molecule has 0 bridgehead atoms. The van der Waals surface area contributed by atoms with Gasteiger partial charge in [-0.1, -0.05) is 103 Å². The standard InChI is InChI=1S/C23H44O2/c1-2-3-4-5-6-7-8-9-10-11-12-13-14-15-16-19-22-20-17-18-21-25-23(22)24/h22H,2-21H2,1H3. The van der Waals surface area contributed by atoms with Gasteiger partial charge in [0.2, 0.25) is 0 Å². The van der Waals surface area contributed by atoms with Crippen LogP contribution in [0.25, 0.3) is 0 Å². The molecule has 2 heteroatoms. The van der Waals surface area contributed by atoms with Crippen molar-refractivity contribution in [2.75, 3.05) is 6.61 Å². The second-order valence-corrected chi connectivity index (χ2v) is 8.10. The van der Waals surface area contributed by atoms with E-state index in [1.54, 1.807) is 0 Å². The zero-order chi connectivity index (χ0) is 18.0. The third kappa shape index (κ3) is 13.3. The average Bonchev–Trinajstić information content (AvgIpc) is 2.83. The highest BCUT2D eigenvalue weighted by atomic mass is 16.5. The van der Waals surface area contributed by atoms with Crippen LogP contribution in [0.1, 0.15) is 129 Å². The van der Waals surface area contributed by atoms with E-state index in [0.717, 1.165) is 25.7 Å². The third-order valence-electron chi connectivity index (χ3n) is 5.68. The molecular weight excluding hydrogens is 308 g/mol. The Bertz CT molecular complexity index is 300. The van der Waals surface area contributed by atoms with Crippen LogP contribution in [0.4, 0.5) is 0 Å². The maximum absolute atomic E-state index is 11.8. The van der Waals surface area contributed by atoms with Crippen LogP contribution in [0.2, 0.25) is 0 Å². The van der Waals surface area contributed by atoms with E-state index in [9.17, 15) is 4.79 Å². The normalized spacial score (nSPS) is 18.1. The van der Waals surface area contributed by atoms with Gasteiger partial charge in [-0.05, 0) is 25.7 Å². The fourth-order valence-electron chi connectivity index (χ4n) is 3.93. The Balaban J connectivity index is 1.76. The first-order chi connectivity index (χ1) is 12.3. The molecule has 0 amide bonds. The number of rotatable bonds is 16. The van der Waals surface area contributed by atoms with Gasteiger partial charge in [0, 0.05) is 0 Å². The van der Waals surface area contributed by atoms with Gasteiger partial charge in [-0.2, -0.15) is 0 Å². The summed E-state index contributed by atoms with van der Waals surface area (Å²) in [6.07, 6.45) is 25.3. The van der Waals surface area contributed by atoms with Crippen LogP contribution in [0.3, 0.4) is 0 Å². The monoisotopic (exact) mass is 352 g/mol. The molecule has 0 aromatic heterocycles. The lowest BCUT2D eigenvalue weighted by molar-refractivity contribution is -0.147. The Kier molecular flexibility index (Phi) is 15.2. The number of ether oxygens (including phenoxy) is 1. The van der Waals surface area contributed by atoms with Crippen molar-refractivity contribution in [1.82, 2.24) is 0 Å². The molecule has 0 spiro atoms. The van der Waals surface area contributed by atoms with Crippen molar-refractivity contribution in [2.24, 2.45) is 5.92 Å². The largest absolute Gasteiger partial charge is 0.465 e. The molecule has 0 N–H and O–H groups in total. The zero-order valence-corrected chi connectivity index (χ0v) is 17.0. The molecule has 148 valence electrons. The minimum Gasteiger partial charge on any atom is -0.465 e. The summed E-state index contributed by atoms with van der Waals surface area (Å²) in [6.45, 7) is 2.93. The van der Waals surface area contributed by atoms with E-state index in [0.29, 0.717) is 6.61 Å². The Hall–Kier alpha value is -0.530. The van der Waals surface area contributed by atoms with Crippen molar-refractivity contribution in [2.45, 2.75) is 129 Å². The highest BCUT2D eigenvalue weighted by Gasteiger charge is 2.21. The maximum atomic E-state index is 11.8. The molecule has 25 heavy (non-hydrogen) atoms. The van der Waals surface area contributed by atoms with Crippen LogP contribution in [0.15, 0.2) is 0 Å². The molecule has 0 radical (unpaired) electrons. The van der Waals surface area contributed by atoms with Crippen LogP contribution in [0, 0.1) is 5.92 Å². The van der Waals surface area contributed by atoms with E-state index in [4.69, 9.17) is 4.74 Å². The van der Waals surface area contributed by atoms with Gasteiger partial charge >= 0.3 is 5.97 Å². The summed E-state index contributed by atoms with van der Waals surface area (Å²) in [5, 5.41) is 0. The molecule has 0 aromatic rings. The summed E-state index contributed by atoms with van der Waals surface area (Å²) in [6, 6.07) is 0. The molecule has 1 fully saturated rings. The van der Waals surface area contributed by atoms with Gasteiger partial charge in [-0.15, -0.1) is 0 Å². The summed E-state index contributed by atoms with van der Waals surface area (Å²) >= 11 is 0. The summed E-state index contributed by atoms with van der Waals surface area (Å²) in [7, 11) is 0. The number of carbonyl (C=O) groups is 1. The Morgan fingerprint density at radius 1 is 0.720 bits per heavy atom. The summed E-state index contributed by atoms with van der Waals surface area (Å²) in [5.74, 6) is 0.271. The number of cyclic esters (lactones) is 1. The van der Waals surface area contributed by atoms with Crippen LogP contribution in [0.5, 0.6) is 0 Å². The lowest BCUT2D eigenvalue weighted by Gasteiger charge is -2.11. The molecule has 1 atom stereocenters. The molecule has 1 unspecified atom stereocenters. The van der Waals surface area contributed by atoms with E-state index in [1.165, 1.54) is 96.3 Å². The van der Waals surface area contributed by atoms with Gasteiger partial charge in [-0.25, -0.2) is 0 Å². The molecule has 0 aromatic carbocycles. The van der Waals surface area contributed by atoms with E-state index in [1.807, 2.05) is 0 Å². The zero-order valence-electron chi connectivity index (χ0n) is 17.0. The van der Waals surface area contributed by atoms with Crippen LogP contribution >= 0.6 is 0 Å². The van der Waals surface area contributed by atoms with E-state index < -0.39 is 0 Å². The predicted molar refractivity (Wildman–Crippen MR) is 108 cm³/mol. The molecule has 0 aliphatic carbocycles. The molecule has 1 aliphatic rings. The van der Waals surface area contributed by atoms with Gasteiger partial charge in [-0.3, -0.25) is 4.79 Å². The van der Waals surface area contributed by atoms with Crippen LogP contribution in [-0.2, 0) is 9.53 Å². The second kappa shape index (κ2) is 16.9. The molecule has 1 rings (SSSR count). The van der Waals surface area contributed by atoms with Crippen molar-refractivity contribution in [3.63, 3.8) is 0 Å². The van der Waals surface area contributed by atoms with Crippen molar-refractivity contribution >= 4 is 5.97 Å². The maximum Gasteiger partial charge on any atom is 0.308 e. The fourth-order valence-corrected chi connectivity index (χ4v) is 3.93. The van der Waals surface area contributed by atoms with Crippen molar-refractivity contribution in [3.8, 4) is 0 Å². The topological polar surface area (TPSA) is 26.3 Å². The van der Waals surface area contributed by atoms with Gasteiger partial charge in [0.05, 0.1) is 12.5 Å². The van der Waals surface area contributed by atoms with Crippen molar-refractivity contribution in [3.05, 3.63) is 0 Å². The van der Waals surface area contributed by atoms with Gasteiger partial charge < -0.3 is 4.74 Å². The van der Waals surface area contributed by atoms with E-state index in [-0.39, 0.29) is 11.9 Å². The number of esters is 1. The quantitative estimate of drug-likeness (QED) is 0.211. The van der Waals surface area contributed by atoms with E-state index >= 15 is 0 Å². The SMILES string of the molecule is CCCCCCCCCCCCCCCCCC1CCCCOC1=O. The lowest BCUT2D eigenvalue weighted by Crippen LogP contribution is -2.15. The first-order valence-electron chi connectivity index (χ1n) is 11.5. The highest BCUT2D eigenvalue weighted by molar-refractivity contribution is 5.72. The molecular formula is C23H44O2. The predicted octanol–water partition coefficient (Wildman–Crippen LogP) is 7.59. The van der Waals surface area contributed by atoms with Gasteiger partial charge in [0.25, 0.3) is 0 Å². The van der Waals surface area contributed by atoms with Crippen LogP contribution in [-0.4, -0.2) is 12.6 Å². The highest BCUT2D eigenvalue weighted by Crippen LogP contribution is 2.22. The first-order valence-corrected chi connectivity index (χ1v) is 11.5. The van der Waals surface area contributed by atoms with Crippen molar-refractivity contribution < 1.29 is 9.53 Å². The lowest BCUT2D eigenvalue weighted by atomic mass is 9.95. The molecule has 1 heterocycles. The Labute approximate surface area is 157 Å². The first kappa shape index (κ1) is 22.5. The number of carbonyl (C=O) groups excluding carboxylic acids is 1. The number of hydrogen-bond donors (Lipinski definition) is 0. The van der Waals surface area contributed by atoms with Crippen LogP contribution < -0.4 is 0 Å². The summed E-state index contributed by atoms with van der Waals surface area (Å²) in [4.78, 5) is 11.8. The fraction of sp³-hybridized carbons (Fsp3) is 0.957. The Morgan fingerprint density at radius 2 is 1.20 bits per heavy atom. The molecule has 2 nitrogen and oxygen atoms in total. The number of unbranched alkanes of at least 4 members (excludes halogenated alkanes) is 14. The van der Waals surface area contributed by atoms with E-state index in [2.05, 4.69) is 6.92 Å². The minimum atomic E-state index is 0.0721. The van der Waals surface area contributed by atoms with Gasteiger partial charge in [0.15, 0.2) is 0 Å². The molecule has 1 aliphatic heterocycles. The molecule has 0 saturated carbocycles. The molecule has 1 saturated heterocycles.